The van der Waals surface area contributed by atoms with Gasteiger partial charge in [0.15, 0.2) is 6.61 Å². The largest absolute Gasteiger partial charge is 0.483 e. The van der Waals surface area contributed by atoms with Gasteiger partial charge in [-0.25, -0.2) is 5.43 Å². The number of rotatable bonds is 6. The van der Waals surface area contributed by atoms with Crippen molar-refractivity contribution in [1.82, 2.24) is 5.43 Å². The van der Waals surface area contributed by atoms with Gasteiger partial charge in [-0.15, -0.1) is 0 Å². The predicted octanol–water partition coefficient (Wildman–Crippen LogP) is 4.54. The summed E-state index contributed by atoms with van der Waals surface area (Å²) in [5.74, 6) is 0.292. The number of para-hydroxylation sites is 1. The summed E-state index contributed by atoms with van der Waals surface area (Å²) in [6.07, 6.45) is 1.50. The number of amides is 1. The number of carbonyl (C=O) groups excluding carboxylic acids is 1. The molecule has 1 amide bonds. The Balaban J connectivity index is 1.60. The summed E-state index contributed by atoms with van der Waals surface area (Å²) in [7, 11) is 0. The zero-order valence-electron chi connectivity index (χ0n) is 13.9. The molecule has 4 nitrogen and oxygen atoms in total. The maximum Gasteiger partial charge on any atom is 0.277 e. The van der Waals surface area contributed by atoms with Gasteiger partial charge in [-0.2, -0.15) is 5.10 Å². The van der Waals surface area contributed by atoms with Gasteiger partial charge < -0.3 is 4.74 Å². The molecule has 0 heterocycles. The molecule has 0 spiro atoms. The second kappa shape index (κ2) is 8.83. The van der Waals surface area contributed by atoms with Gasteiger partial charge in [0, 0.05) is 16.1 Å². The van der Waals surface area contributed by atoms with Gasteiger partial charge in [0.1, 0.15) is 5.75 Å². The second-order valence-corrected chi connectivity index (χ2v) is 5.87. The minimum absolute atomic E-state index is 0.135. The van der Waals surface area contributed by atoms with Crippen LogP contribution in [0.25, 0.3) is 11.1 Å². The van der Waals surface area contributed by atoms with Gasteiger partial charge in [-0.05, 0) is 17.7 Å². The van der Waals surface area contributed by atoms with Crippen molar-refractivity contribution in [2.24, 2.45) is 5.10 Å². The highest BCUT2D eigenvalue weighted by atomic mass is 35.5. The molecule has 0 fully saturated rings. The molecule has 0 aliphatic heterocycles. The highest BCUT2D eigenvalue weighted by Crippen LogP contribution is 2.29. The smallest absolute Gasteiger partial charge is 0.277 e. The molecule has 0 saturated carbocycles. The summed E-state index contributed by atoms with van der Waals surface area (Å²) in [6.45, 7) is -0.135. The normalized spacial score (nSPS) is 10.7. The minimum atomic E-state index is -0.351. The van der Waals surface area contributed by atoms with Crippen LogP contribution in [0.1, 0.15) is 5.56 Å². The summed E-state index contributed by atoms with van der Waals surface area (Å²) in [4.78, 5) is 12.0. The van der Waals surface area contributed by atoms with Crippen molar-refractivity contribution in [3.05, 3.63) is 89.4 Å². The number of hydrogen-bond donors (Lipinski definition) is 1. The Labute approximate surface area is 157 Å². The van der Waals surface area contributed by atoms with Gasteiger partial charge >= 0.3 is 0 Å². The number of benzene rings is 3. The molecule has 5 heteroatoms. The third-order valence-electron chi connectivity index (χ3n) is 3.63. The first kappa shape index (κ1) is 17.7. The summed E-state index contributed by atoms with van der Waals surface area (Å²) in [5, 5.41) is 4.47. The summed E-state index contributed by atoms with van der Waals surface area (Å²) >= 11 is 6.03. The molecular formula is C21H17ClN2O2. The second-order valence-electron chi connectivity index (χ2n) is 5.47. The van der Waals surface area contributed by atoms with Crippen LogP contribution in [-0.4, -0.2) is 18.7 Å². The quantitative estimate of drug-likeness (QED) is 0.516. The number of ether oxygens (including phenoxy) is 1. The van der Waals surface area contributed by atoms with Crippen molar-refractivity contribution in [1.29, 1.82) is 0 Å². The van der Waals surface area contributed by atoms with Crippen LogP contribution in [0.3, 0.4) is 0 Å². The van der Waals surface area contributed by atoms with E-state index in [0.29, 0.717) is 10.8 Å². The third kappa shape index (κ3) is 4.71. The molecule has 0 aromatic heterocycles. The Bertz CT molecular complexity index is 911. The number of nitrogens with one attached hydrogen (secondary N) is 1. The van der Waals surface area contributed by atoms with E-state index >= 15 is 0 Å². The summed E-state index contributed by atoms with van der Waals surface area (Å²) < 4.78 is 5.67. The Kier molecular flexibility index (Phi) is 6.01. The lowest BCUT2D eigenvalue weighted by atomic mass is 10.1. The maximum atomic E-state index is 12.0. The molecule has 0 aliphatic rings. The fourth-order valence-corrected chi connectivity index (χ4v) is 2.56. The average molecular weight is 365 g/mol. The predicted molar refractivity (Wildman–Crippen MR) is 105 cm³/mol. The number of carbonyl (C=O) groups is 1. The molecule has 130 valence electrons. The van der Waals surface area contributed by atoms with E-state index in [1.165, 1.54) is 6.21 Å². The molecule has 0 saturated heterocycles. The maximum absolute atomic E-state index is 12.0. The van der Waals surface area contributed by atoms with Crippen molar-refractivity contribution >= 4 is 23.7 Å². The van der Waals surface area contributed by atoms with Gasteiger partial charge in [0.2, 0.25) is 0 Å². The topological polar surface area (TPSA) is 50.7 Å². The molecule has 26 heavy (non-hydrogen) atoms. The first-order valence-corrected chi connectivity index (χ1v) is 8.45. The van der Waals surface area contributed by atoms with E-state index in [9.17, 15) is 4.79 Å². The molecule has 0 atom stereocenters. The first-order chi connectivity index (χ1) is 12.7. The van der Waals surface area contributed by atoms with Crippen molar-refractivity contribution in [2.75, 3.05) is 6.61 Å². The van der Waals surface area contributed by atoms with Crippen LogP contribution >= 0.6 is 11.6 Å². The van der Waals surface area contributed by atoms with Gasteiger partial charge in [0.25, 0.3) is 5.91 Å². The SMILES string of the molecule is O=C(COc1ccccc1-c1ccccc1)N/N=C\c1ccccc1Cl. The molecule has 1 N–H and O–H groups in total. The Morgan fingerprint density at radius 1 is 0.962 bits per heavy atom. The van der Waals surface area contributed by atoms with E-state index < -0.39 is 0 Å². The van der Waals surface area contributed by atoms with E-state index in [0.717, 1.165) is 16.7 Å². The zero-order valence-corrected chi connectivity index (χ0v) is 14.7. The van der Waals surface area contributed by atoms with Crippen molar-refractivity contribution in [2.45, 2.75) is 0 Å². The fourth-order valence-electron chi connectivity index (χ4n) is 2.38. The Hall–Kier alpha value is -3.11. The van der Waals surface area contributed by atoms with Gasteiger partial charge in [-0.1, -0.05) is 78.3 Å². The third-order valence-corrected chi connectivity index (χ3v) is 3.97. The molecule has 3 rings (SSSR count). The van der Waals surface area contributed by atoms with Crippen LogP contribution in [0, 0.1) is 0 Å². The Morgan fingerprint density at radius 2 is 1.65 bits per heavy atom. The van der Waals surface area contributed by atoms with Gasteiger partial charge in [-0.3, -0.25) is 4.79 Å². The first-order valence-electron chi connectivity index (χ1n) is 8.08. The van der Waals surface area contributed by atoms with E-state index in [1.54, 1.807) is 6.07 Å². The van der Waals surface area contributed by atoms with Crippen molar-refractivity contribution < 1.29 is 9.53 Å². The zero-order chi connectivity index (χ0) is 18.2. The molecule has 0 aliphatic carbocycles. The van der Waals surface area contributed by atoms with Crippen molar-refractivity contribution in [3.63, 3.8) is 0 Å². The number of hydrogen-bond acceptors (Lipinski definition) is 3. The molecule has 0 bridgehead atoms. The number of nitrogens with zero attached hydrogens (tertiary/aromatic N) is 1. The Morgan fingerprint density at radius 3 is 2.46 bits per heavy atom. The molecule has 0 radical (unpaired) electrons. The van der Waals surface area contributed by atoms with Crippen molar-refractivity contribution in [3.8, 4) is 16.9 Å². The van der Waals surface area contributed by atoms with E-state index in [4.69, 9.17) is 16.3 Å². The number of halogens is 1. The van der Waals surface area contributed by atoms with Crippen LogP contribution in [0.2, 0.25) is 5.02 Å². The minimum Gasteiger partial charge on any atom is -0.483 e. The molecule has 3 aromatic rings. The highest BCUT2D eigenvalue weighted by molar-refractivity contribution is 6.33. The number of hydrazone groups is 1. The van der Waals surface area contributed by atoms with E-state index in [-0.39, 0.29) is 12.5 Å². The van der Waals surface area contributed by atoms with Gasteiger partial charge in [0.05, 0.1) is 6.21 Å². The fraction of sp³-hybridized carbons (Fsp3) is 0.0476. The highest BCUT2D eigenvalue weighted by Gasteiger charge is 2.07. The average Bonchev–Trinajstić information content (AvgIpc) is 2.69. The van der Waals surface area contributed by atoms with Crippen LogP contribution in [0.5, 0.6) is 5.75 Å². The lowest BCUT2D eigenvalue weighted by Crippen LogP contribution is -2.24. The molecular weight excluding hydrogens is 348 g/mol. The van der Waals surface area contributed by atoms with Crippen LogP contribution in [-0.2, 0) is 4.79 Å². The van der Waals surface area contributed by atoms with E-state index in [1.807, 2.05) is 72.8 Å². The summed E-state index contributed by atoms with van der Waals surface area (Å²) in [6, 6.07) is 24.7. The molecule has 3 aromatic carbocycles. The lowest BCUT2D eigenvalue weighted by Gasteiger charge is -2.10. The van der Waals surface area contributed by atoms with Crippen LogP contribution < -0.4 is 10.2 Å². The monoisotopic (exact) mass is 364 g/mol. The summed E-state index contributed by atoms with van der Waals surface area (Å²) in [5.41, 5.74) is 5.12. The van der Waals surface area contributed by atoms with Crippen LogP contribution in [0.15, 0.2) is 84.0 Å². The molecule has 0 unspecified atom stereocenters. The lowest BCUT2D eigenvalue weighted by molar-refractivity contribution is -0.123. The van der Waals surface area contributed by atoms with E-state index in [2.05, 4.69) is 10.5 Å². The van der Waals surface area contributed by atoms with Crippen LogP contribution in [0.4, 0.5) is 0 Å². The standard InChI is InChI=1S/C21H17ClN2O2/c22-19-12-6-4-10-17(19)14-23-24-21(25)15-26-20-13-7-5-11-18(20)16-8-2-1-3-9-16/h1-14H,15H2,(H,24,25)/b23-14-.